The van der Waals surface area contributed by atoms with Gasteiger partial charge in [-0.3, -0.25) is 0 Å². The molecule has 0 spiro atoms. The van der Waals surface area contributed by atoms with Crippen LogP contribution in [-0.2, 0) is 4.74 Å². The molecule has 0 N–H and O–H groups in total. The SMILES string of the molecule is COCC1CCCN(c2nc3ccccc3cc2C#N)C1. The van der Waals surface area contributed by atoms with Crippen molar-refractivity contribution in [2.75, 3.05) is 31.7 Å². The molecule has 0 aliphatic carbocycles. The Bertz CT molecular complexity index is 675. The van der Waals surface area contributed by atoms with Gasteiger partial charge >= 0.3 is 0 Å². The standard InChI is InChI=1S/C17H19N3O/c1-21-12-13-5-4-8-20(11-13)17-15(10-18)9-14-6-2-3-7-16(14)19-17/h2-3,6-7,9,13H,4-5,8,11-12H2,1H3. The van der Waals surface area contributed by atoms with E-state index in [0.29, 0.717) is 11.5 Å². The minimum atomic E-state index is 0.517. The zero-order chi connectivity index (χ0) is 14.7. The first-order chi connectivity index (χ1) is 10.3. The van der Waals surface area contributed by atoms with Crippen molar-refractivity contribution in [2.45, 2.75) is 12.8 Å². The molecule has 1 fully saturated rings. The van der Waals surface area contributed by atoms with Crippen LogP contribution in [-0.4, -0.2) is 31.8 Å². The first-order valence-corrected chi connectivity index (χ1v) is 7.35. The lowest BCUT2D eigenvalue weighted by Gasteiger charge is -2.33. The summed E-state index contributed by atoms with van der Waals surface area (Å²) in [4.78, 5) is 6.96. The molecular formula is C17H19N3O. The highest BCUT2D eigenvalue weighted by atomic mass is 16.5. The molecule has 1 saturated heterocycles. The number of fused-ring (bicyclic) bond motifs is 1. The summed E-state index contributed by atoms with van der Waals surface area (Å²) in [6.07, 6.45) is 2.30. The number of anilines is 1. The summed E-state index contributed by atoms with van der Waals surface area (Å²) in [6.45, 7) is 2.64. The molecule has 21 heavy (non-hydrogen) atoms. The second-order valence-electron chi connectivity index (χ2n) is 5.57. The van der Waals surface area contributed by atoms with Gasteiger partial charge in [-0.25, -0.2) is 4.98 Å². The second-order valence-corrected chi connectivity index (χ2v) is 5.57. The normalized spacial score (nSPS) is 18.7. The number of nitriles is 1. The van der Waals surface area contributed by atoms with Gasteiger partial charge in [0.2, 0.25) is 0 Å². The summed E-state index contributed by atoms with van der Waals surface area (Å²) < 4.78 is 5.28. The molecule has 4 heteroatoms. The largest absolute Gasteiger partial charge is 0.384 e. The Morgan fingerprint density at radius 2 is 2.29 bits per heavy atom. The van der Waals surface area contributed by atoms with Crippen LogP contribution in [0.4, 0.5) is 5.82 Å². The number of rotatable bonds is 3. The van der Waals surface area contributed by atoms with E-state index in [1.807, 2.05) is 30.3 Å². The minimum Gasteiger partial charge on any atom is -0.384 e. The monoisotopic (exact) mass is 281 g/mol. The number of hydrogen-bond donors (Lipinski definition) is 0. The molecule has 0 amide bonds. The summed E-state index contributed by atoms with van der Waals surface area (Å²) >= 11 is 0. The van der Waals surface area contributed by atoms with Crippen LogP contribution in [0, 0.1) is 17.2 Å². The number of pyridine rings is 1. The molecule has 0 saturated carbocycles. The van der Waals surface area contributed by atoms with Crippen LogP contribution in [0.1, 0.15) is 18.4 Å². The van der Waals surface area contributed by atoms with Gasteiger partial charge in [0, 0.05) is 25.6 Å². The quantitative estimate of drug-likeness (QED) is 0.868. The van der Waals surface area contributed by atoms with Gasteiger partial charge in [0.05, 0.1) is 17.7 Å². The molecule has 2 aromatic rings. The third-order valence-electron chi connectivity index (χ3n) is 4.05. The smallest absolute Gasteiger partial charge is 0.147 e. The number of methoxy groups -OCH3 is 1. The van der Waals surface area contributed by atoms with E-state index in [-0.39, 0.29) is 0 Å². The van der Waals surface area contributed by atoms with E-state index in [4.69, 9.17) is 9.72 Å². The van der Waals surface area contributed by atoms with Gasteiger partial charge in [0.15, 0.2) is 0 Å². The summed E-state index contributed by atoms with van der Waals surface area (Å²) in [7, 11) is 1.74. The Kier molecular flexibility index (Phi) is 4.03. The Labute approximate surface area is 125 Å². The number of ether oxygens (including phenoxy) is 1. The topological polar surface area (TPSA) is 49.1 Å². The summed E-state index contributed by atoms with van der Waals surface area (Å²) in [6, 6.07) is 12.2. The van der Waals surface area contributed by atoms with Crippen molar-refractivity contribution in [3.05, 3.63) is 35.9 Å². The number of piperidine rings is 1. The van der Waals surface area contributed by atoms with Crippen molar-refractivity contribution >= 4 is 16.7 Å². The van der Waals surface area contributed by atoms with E-state index in [0.717, 1.165) is 42.8 Å². The lowest BCUT2D eigenvalue weighted by atomic mass is 9.98. The Hall–Kier alpha value is -2.12. The summed E-state index contributed by atoms with van der Waals surface area (Å²) in [5.74, 6) is 1.33. The molecule has 0 bridgehead atoms. The van der Waals surface area contributed by atoms with E-state index < -0.39 is 0 Å². The van der Waals surface area contributed by atoms with Gasteiger partial charge in [0.25, 0.3) is 0 Å². The van der Waals surface area contributed by atoms with Crippen LogP contribution >= 0.6 is 0 Å². The summed E-state index contributed by atoms with van der Waals surface area (Å²) in [5.41, 5.74) is 1.60. The fourth-order valence-electron chi connectivity index (χ4n) is 3.06. The van der Waals surface area contributed by atoms with Crippen molar-refractivity contribution in [3.8, 4) is 6.07 Å². The van der Waals surface area contributed by atoms with Gasteiger partial charge < -0.3 is 9.64 Å². The first-order valence-electron chi connectivity index (χ1n) is 7.35. The Morgan fingerprint density at radius 1 is 1.43 bits per heavy atom. The number of aromatic nitrogens is 1. The van der Waals surface area contributed by atoms with Crippen LogP contribution in [0.5, 0.6) is 0 Å². The predicted molar refractivity (Wildman–Crippen MR) is 83.3 cm³/mol. The molecule has 4 nitrogen and oxygen atoms in total. The van der Waals surface area contributed by atoms with Gasteiger partial charge in [-0.1, -0.05) is 18.2 Å². The van der Waals surface area contributed by atoms with E-state index in [2.05, 4.69) is 11.0 Å². The highest BCUT2D eigenvalue weighted by molar-refractivity contribution is 5.83. The molecule has 0 radical (unpaired) electrons. The lowest BCUT2D eigenvalue weighted by Crippen LogP contribution is -2.38. The van der Waals surface area contributed by atoms with E-state index >= 15 is 0 Å². The molecule has 1 aromatic heterocycles. The third-order valence-corrected chi connectivity index (χ3v) is 4.05. The van der Waals surface area contributed by atoms with Crippen molar-refractivity contribution in [2.24, 2.45) is 5.92 Å². The van der Waals surface area contributed by atoms with Gasteiger partial charge in [-0.05, 0) is 30.9 Å². The number of nitrogens with zero attached hydrogens (tertiary/aromatic N) is 3. The highest BCUT2D eigenvalue weighted by Gasteiger charge is 2.23. The highest BCUT2D eigenvalue weighted by Crippen LogP contribution is 2.27. The fraction of sp³-hybridized carbons (Fsp3) is 0.412. The molecule has 108 valence electrons. The zero-order valence-corrected chi connectivity index (χ0v) is 12.2. The zero-order valence-electron chi connectivity index (χ0n) is 12.2. The average Bonchev–Trinajstić information content (AvgIpc) is 2.54. The van der Waals surface area contributed by atoms with E-state index in [1.54, 1.807) is 7.11 Å². The van der Waals surface area contributed by atoms with E-state index in [1.165, 1.54) is 6.42 Å². The van der Waals surface area contributed by atoms with Crippen molar-refractivity contribution in [3.63, 3.8) is 0 Å². The second kappa shape index (κ2) is 6.11. The Morgan fingerprint density at radius 3 is 3.10 bits per heavy atom. The van der Waals surface area contributed by atoms with Crippen molar-refractivity contribution < 1.29 is 4.74 Å². The maximum absolute atomic E-state index is 9.44. The first kappa shape index (κ1) is 13.8. The molecule has 1 atom stereocenters. The Balaban J connectivity index is 1.97. The molecular weight excluding hydrogens is 262 g/mol. The number of benzene rings is 1. The van der Waals surface area contributed by atoms with Crippen molar-refractivity contribution in [1.82, 2.24) is 4.98 Å². The number of hydrogen-bond acceptors (Lipinski definition) is 4. The molecule has 1 unspecified atom stereocenters. The van der Waals surface area contributed by atoms with Gasteiger partial charge in [-0.15, -0.1) is 0 Å². The molecule has 1 aromatic carbocycles. The predicted octanol–water partition coefficient (Wildman–Crippen LogP) is 2.97. The van der Waals surface area contributed by atoms with Gasteiger partial charge in [0.1, 0.15) is 11.9 Å². The van der Waals surface area contributed by atoms with Gasteiger partial charge in [-0.2, -0.15) is 5.26 Å². The van der Waals surface area contributed by atoms with Crippen molar-refractivity contribution in [1.29, 1.82) is 5.26 Å². The van der Waals surface area contributed by atoms with Crippen LogP contribution in [0.15, 0.2) is 30.3 Å². The third kappa shape index (κ3) is 2.84. The van der Waals surface area contributed by atoms with E-state index in [9.17, 15) is 5.26 Å². The van der Waals surface area contributed by atoms with Crippen LogP contribution < -0.4 is 4.90 Å². The molecule has 1 aliphatic rings. The molecule has 3 rings (SSSR count). The summed E-state index contributed by atoms with van der Waals surface area (Å²) in [5, 5.41) is 10.5. The van der Waals surface area contributed by atoms with Crippen LogP contribution in [0.3, 0.4) is 0 Å². The maximum Gasteiger partial charge on any atom is 0.147 e. The minimum absolute atomic E-state index is 0.517. The molecule has 2 heterocycles. The molecule has 1 aliphatic heterocycles. The average molecular weight is 281 g/mol. The fourth-order valence-corrected chi connectivity index (χ4v) is 3.06. The van der Waals surface area contributed by atoms with Crippen LogP contribution in [0.2, 0.25) is 0 Å². The lowest BCUT2D eigenvalue weighted by molar-refractivity contribution is 0.143. The van der Waals surface area contributed by atoms with Crippen LogP contribution in [0.25, 0.3) is 10.9 Å². The maximum atomic E-state index is 9.44. The number of para-hydroxylation sites is 1.